The molecule has 1 aromatic carbocycles. The Hall–Kier alpha value is -3.62. The van der Waals surface area contributed by atoms with E-state index in [0.717, 1.165) is 18.4 Å². The number of likely N-dealkylation sites (tertiary alicyclic amines) is 1. The van der Waals surface area contributed by atoms with Crippen LogP contribution in [0, 0.1) is 18.7 Å². The Balaban J connectivity index is 1.44. The summed E-state index contributed by atoms with van der Waals surface area (Å²) in [6.07, 6.45) is 5.82. The Kier molecular flexibility index (Phi) is 7.04. The molecule has 2 fully saturated rings. The molecule has 0 radical (unpaired) electrons. The second-order valence-corrected chi connectivity index (χ2v) is 9.93. The monoisotopic (exact) mass is 508 g/mol. The molecule has 1 saturated heterocycles. The highest BCUT2D eigenvalue weighted by Gasteiger charge is 2.27. The van der Waals surface area contributed by atoms with Crippen LogP contribution in [0.5, 0.6) is 11.5 Å². The number of methoxy groups -OCH3 is 1. The van der Waals surface area contributed by atoms with Gasteiger partial charge in [0.2, 0.25) is 5.91 Å². The number of hydrogen-bond donors (Lipinski definition) is 2. The van der Waals surface area contributed by atoms with Crippen molar-refractivity contribution in [1.82, 2.24) is 20.2 Å². The summed E-state index contributed by atoms with van der Waals surface area (Å²) >= 11 is 0. The minimum absolute atomic E-state index is 0.00951. The summed E-state index contributed by atoms with van der Waals surface area (Å²) in [5.74, 6) is 0.516. The van der Waals surface area contributed by atoms with Gasteiger partial charge in [-0.25, -0.2) is 4.39 Å². The van der Waals surface area contributed by atoms with Gasteiger partial charge in [-0.2, -0.15) is 0 Å². The molecule has 1 aliphatic carbocycles. The third-order valence-corrected chi connectivity index (χ3v) is 7.30. The van der Waals surface area contributed by atoms with E-state index in [2.05, 4.69) is 15.3 Å². The summed E-state index contributed by atoms with van der Waals surface area (Å²) in [6, 6.07) is 4.82. The van der Waals surface area contributed by atoms with Gasteiger partial charge in [0.1, 0.15) is 11.3 Å². The predicted octanol–water partition coefficient (Wildman–Crippen LogP) is 4.61. The molecule has 2 aromatic heterocycles. The van der Waals surface area contributed by atoms with Crippen molar-refractivity contribution in [2.75, 3.05) is 26.8 Å². The Labute approximate surface area is 215 Å². The van der Waals surface area contributed by atoms with Crippen LogP contribution in [0.25, 0.3) is 22.2 Å². The van der Waals surface area contributed by atoms with Gasteiger partial charge in [0, 0.05) is 54.6 Å². The Morgan fingerprint density at radius 1 is 1.16 bits per heavy atom. The number of carbonyl (C=O) groups excluding carboxylic acids is 2. The van der Waals surface area contributed by atoms with Crippen molar-refractivity contribution < 1.29 is 23.5 Å². The molecule has 2 N–H and O–H groups in total. The molecule has 196 valence electrons. The van der Waals surface area contributed by atoms with Crippen LogP contribution in [-0.4, -0.2) is 59.5 Å². The lowest BCUT2D eigenvalue weighted by atomic mass is 10.0. The fourth-order valence-electron chi connectivity index (χ4n) is 4.98. The standard InChI is InChI=1S/C28H33FN4O4/c1-4-24(34)33-11-8-18(9-12-33)32-28(35)25-16(2)31-26-19(7-10-30-27(25)26)20-13-23(36-3)21(29)14-22(20)37-15-17-5-6-17/h7,10,13-14,17-18,31H,4-6,8-9,11-12,15H2,1-3H3,(H,32,35). The molecule has 3 heterocycles. The van der Waals surface area contributed by atoms with Crippen molar-refractivity contribution in [1.29, 1.82) is 0 Å². The number of ether oxygens (including phenoxy) is 2. The molecule has 0 unspecified atom stereocenters. The second kappa shape index (κ2) is 10.4. The van der Waals surface area contributed by atoms with Gasteiger partial charge in [0.05, 0.1) is 24.8 Å². The number of pyridine rings is 1. The van der Waals surface area contributed by atoms with Gasteiger partial charge < -0.3 is 24.7 Å². The number of nitrogens with zero attached hydrogens (tertiary/aromatic N) is 2. The molecule has 0 spiro atoms. The number of aromatic amines is 1. The summed E-state index contributed by atoms with van der Waals surface area (Å²) in [5, 5.41) is 3.14. The summed E-state index contributed by atoms with van der Waals surface area (Å²) in [7, 11) is 1.43. The molecule has 1 aliphatic heterocycles. The number of benzene rings is 1. The molecule has 0 bridgehead atoms. The van der Waals surface area contributed by atoms with Crippen LogP contribution >= 0.6 is 0 Å². The van der Waals surface area contributed by atoms with E-state index in [1.807, 2.05) is 24.8 Å². The van der Waals surface area contributed by atoms with E-state index < -0.39 is 5.82 Å². The van der Waals surface area contributed by atoms with Crippen LogP contribution < -0.4 is 14.8 Å². The number of rotatable bonds is 8. The largest absolute Gasteiger partial charge is 0.494 e. The molecular formula is C28H33FN4O4. The third kappa shape index (κ3) is 5.12. The normalized spacial score (nSPS) is 16.2. The van der Waals surface area contributed by atoms with Crippen molar-refractivity contribution in [3.63, 3.8) is 0 Å². The van der Waals surface area contributed by atoms with Gasteiger partial charge in [0.15, 0.2) is 11.6 Å². The molecule has 2 amide bonds. The Morgan fingerprint density at radius 3 is 2.59 bits per heavy atom. The van der Waals surface area contributed by atoms with Crippen LogP contribution in [0.1, 0.15) is 55.1 Å². The average molecular weight is 509 g/mol. The highest BCUT2D eigenvalue weighted by atomic mass is 19.1. The van der Waals surface area contributed by atoms with Crippen molar-refractivity contribution >= 4 is 22.8 Å². The summed E-state index contributed by atoms with van der Waals surface area (Å²) in [4.78, 5) is 35.1. The third-order valence-electron chi connectivity index (χ3n) is 7.30. The lowest BCUT2D eigenvalue weighted by molar-refractivity contribution is -0.131. The zero-order chi connectivity index (χ0) is 26.1. The minimum Gasteiger partial charge on any atom is -0.494 e. The van der Waals surface area contributed by atoms with E-state index >= 15 is 0 Å². The highest BCUT2D eigenvalue weighted by Crippen LogP contribution is 2.40. The first-order valence-corrected chi connectivity index (χ1v) is 13.0. The van der Waals surface area contributed by atoms with Crippen molar-refractivity contribution in [2.24, 2.45) is 5.92 Å². The maximum absolute atomic E-state index is 14.6. The number of nitrogens with one attached hydrogen (secondary N) is 2. The number of piperidine rings is 1. The van der Waals surface area contributed by atoms with Crippen LogP contribution in [0.4, 0.5) is 4.39 Å². The van der Waals surface area contributed by atoms with Crippen molar-refractivity contribution in [2.45, 2.75) is 52.0 Å². The first-order valence-electron chi connectivity index (χ1n) is 13.0. The maximum atomic E-state index is 14.6. The molecule has 2 aliphatic rings. The van der Waals surface area contributed by atoms with Gasteiger partial charge in [-0.05, 0) is 50.7 Å². The van der Waals surface area contributed by atoms with E-state index in [1.54, 1.807) is 12.3 Å². The van der Waals surface area contributed by atoms with Gasteiger partial charge >= 0.3 is 0 Å². The molecular weight excluding hydrogens is 475 g/mol. The number of aryl methyl sites for hydroxylation is 1. The van der Waals surface area contributed by atoms with Crippen molar-refractivity contribution in [3.05, 3.63) is 41.5 Å². The lowest BCUT2D eigenvalue weighted by Gasteiger charge is -2.32. The first-order chi connectivity index (χ1) is 17.9. The van der Waals surface area contributed by atoms with Gasteiger partial charge in [0.25, 0.3) is 5.91 Å². The second-order valence-electron chi connectivity index (χ2n) is 9.93. The summed E-state index contributed by atoms with van der Waals surface area (Å²) in [6.45, 7) is 5.53. The lowest BCUT2D eigenvalue weighted by Crippen LogP contribution is -2.46. The number of carbonyl (C=O) groups is 2. The van der Waals surface area contributed by atoms with E-state index in [0.29, 0.717) is 78.5 Å². The van der Waals surface area contributed by atoms with E-state index in [9.17, 15) is 14.0 Å². The number of hydrogen-bond acceptors (Lipinski definition) is 5. The summed E-state index contributed by atoms with van der Waals surface area (Å²) in [5.41, 5.74) is 3.83. The smallest absolute Gasteiger partial charge is 0.255 e. The number of aromatic nitrogens is 2. The average Bonchev–Trinajstić information content (AvgIpc) is 3.67. The number of fused-ring (bicyclic) bond motifs is 1. The quantitative estimate of drug-likeness (QED) is 0.463. The highest BCUT2D eigenvalue weighted by molar-refractivity contribution is 6.09. The van der Waals surface area contributed by atoms with E-state index in [4.69, 9.17) is 9.47 Å². The minimum atomic E-state index is -0.489. The van der Waals surface area contributed by atoms with E-state index in [1.165, 1.54) is 13.2 Å². The molecule has 5 rings (SSSR count). The molecule has 9 heteroatoms. The van der Waals surface area contributed by atoms with Crippen LogP contribution in [0.2, 0.25) is 0 Å². The number of amides is 2. The zero-order valence-electron chi connectivity index (χ0n) is 21.5. The molecule has 37 heavy (non-hydrogen) atoms. The fraction of sp³-hybridized carbons (Fsp3) is 0.464. The zero-order valence-corrected chi connectivity index (χ0v) is 21.5. The molecule has 1 saturated carbocycles. The maximum Gasteiger partial charge on any atom is 0.255 e. The molecule has 3 aromatic rings. The SMILES string of the molecule is CCC(=O)N1CCC(NC(=O)c2c(C)[nH]c3c(-c4cc(OC)c(F)cc4OCC4CC4)ccnc23)CC1. The number of H-pyrrole nitrogens is 1. The Bertz CT molecular complexity index is 1330. The van der Waals surface area contributed by atoms with Gasteiger partial charge in [-0.15, -0.1) is 0 Å². The molecule has 0 atom stereocenters. The number of halogens is 1. The van der Waals surface area contributed by atoms with Crippen LogP contribution in [0.15, 0.2) is 24.4 Å². The Morgan fingerprint density at radius 2 is 1.92 bits per heavy atom. The first kappa shape index (κ1) is 25.0. The molecule has 8 nitrogen and oxygen atoms in total. The van der Waals surface area contributed by atoms with Crippen LogP contribution in [-0.2, 0) is 4.79 Å². The van der Waals surface area contributed by atoms with Gasteiger partial charge in [-0.1, -0.05) is 6.92 Å². The van der Waals surface area contributed by atoms with Crippen molar-refractivity contribution in [3.8, 4) is 22.6 Å². The fourth-order valence-corrected chi connectivity index (χ4v) is 4.98. The topological polar surface area (TPSA) is 96.6 Å². The van der Waals surface area contributed by atoms with E-state index in [-0.39, 0.29) is 23.6 Å². The predicted molar refractivity (Wildman–Crippen MR) is 138 cm³/mol. The summed E-state index contributed by atoms with van der Waals surface area (Å²) < 4.78 is 25.9. The van der Waals surface area contributed by atoms with Gasteiger partial charge in [-0.3, -0.25) is 14.6 Å². The van der Waals surface area contributed by atoms with Crippen LogP contribution in [0.3, 0.4) is 0 Å².